The minimum Gasteiger partial charge on any atom is -0.598 e. The number of aryl methyl sites for hydroxylation is 1. The van der Waals surface area contributed by atoms with Gasteiger partial charge in [0.15, 0.2) is 5.69 Å². The van der Waals surface area contributed by atoms with E-state index in [2.05, 4.69) is 21.4 Å². The van der Waals surface area contributed by atoms with Crippen LogP contribution in [0.3, 0.4) is 0 Å². The lowest BCUT2D eigenvalue weighted by Crippen LogP contribution is -2.41. The lowest BCUT2D eigenvalue weighted by molar-refractivity contribution is -0.384. The molecule has 0 spiro atoms. The molecule has 26 heavy (non-hydrogen) atoms. The van der Waals surface area contributed by atoms with Gasteiger partial charge in [-0.2, -0.15) is 5.10 Å². The van der Waals surface area contributed by atoms with E-state index in [1.54, 1.807) is 31.3 Å². The van der Waals surface area contributed by atoms with E-state index in [4.69, 9.17) is 0 Å². The molecule has 0 aliphatic heterocycles. The van der Waals surface area contributed by atoms with E-state index in [1.807, 2.05) is 20.8 Å². The summed E-state index contributed by atoms with van der Waals surface area (Å²) in [7, 11) is 1.63. The number of nitro groups is 1. The van der Waals surface area contributed by atoms with Crippen LogP contribution in [0.4, 0.5) is 5.69 Å². The highest BCUT2D eigenvalue weighted by Crippen LogP contribution is 2.29. The molecule has 2 unspecified atom stereocenters. The molecule has 0 saturated carbocycles. The van der Waals surface area contributed by atoms with Crippen molar-refractivity contribution in [3.8, 4) is 11.4 Å². The van der Waals surface area contributed by atoms with Crippen LogP contribution in [0.5, 0.6) is 0 Å². The molecule has 0 bridgehead atoms. The number of aromatic nitrogens is 3. The third-order valence-electron chi connectivity index (χ3n) is 3.69. The fourth-order valence-corrected chi connectivity index (χ4v) is 3.16. The van der Waals surface area contributed by atoms with Crippen LogP contribution in [-0.4, -0.2) is 29.0 Å². The van der Waals surface area contributed by atoms with Crippen molar-refractivity contribution in [2.75, 3.05) is 0 Å². The van der Waals surface area contributed by atoms with Gasteiger partial charge in [0, 0.05) is 18.4 Å². The van der Waals surface area contributed by atoms with Gasteiger partial charge >= 0.3 is 5.69 Å². The highest BCUT2D eigenvalue weighted by Gasteiger charge is 2.30. The standard InChI is InChI=1S/C17H23N5O3S/c1-6-8-13(20-26(25)17(2,3)4)12-9-7-10-14(19-12)16-15(22(23)24)11-18-21(16)5/h6-7,9-11,13,20H,1,8H2,2-5H3. The molecular formula is C17H23N5O3S. The van der Waals surface area contributed by atoms with E-state index < -0.39 is 21.0 Å². The Kier molecular flexibility index (Phi) is 6.17. The normalized spacial score (nSPS) is 14.0. The molecule has 0 fully saturated rings. The number of nitrogens with one attached hydrogen (secondary N) is 1. The van der Waals surface area contributed by atoms with Gasteiger partial charge in [0.2, 0.25) is 0 Å². The monoisotopic (exact) mass is 377 g/mol. The van der Waals surface area contributed by atoms with E-state index in [0.29, 0.717) is 23.5 Å². The van der Waals surface area contributed by atoms with Crippen molar-refractivity contribution >= 4 is 17.0 Å². The van der Waals surface area contributed by atoms with Crippen LogP contribution in [0.2, 0.25) is 0 Å². The first kappa shape index (κ1) is 20.1. The Labute approximate surface area is 155 Å². The van der Waals surface area contributed by atoms with Crippen LogP contribution in [0.25, 0.3) is 11.4 Å². The average molecular weight is 377 g/mol. The summed E-state index contributed by atoms with van der Waals surface area (Å²) in [6.07, 6.45) is 3.45. The first-order valence-corrected chi connectivity index (χ1v) is 9.22. The highest BCUT2D eigenvalue weighted by molar-refractivity contribution is 7.90. The lowest BCUT2D eigenvalue weighted by atomic mass is 10.1. The summed E-state index contributed by atoms with van der Waals surface area (Å²) in [4.78, 5) is 15.3. The van der Waals surface area contributed by atoms with Gasteiger partial charge in [-0.25, -0.2) is 4.98 Å². The van der Waals surface area contributed by atoms with Gasteiger partial charge in [-0.15, -0.1) is 11.3 Å². The summed E-state index contributed by atoms with van der Waals surface area (Å²) in [5, 5.41) is 15.2. The summed E-state index contributed by atoms with van der Waals surface area (Å²) in [6.45, 7) is 9.39. The first-order chi connectivity index (χ1) is 12.1. The summed E-state index contributed by atoms with van der Waals surface area (Å²) >= 11 is -1.29. The molecule has 0 radical (unpaired) electrons. The van der Waals surface area contributed by atoms with Crippen molar-refractivity contribution in [3.63, 3.8) is 0 Å². The Morgan fingerprint density at radius 2 is 2.15 bits per heavy atom. The molecular weight excluding hydrogens is 354 g/mol. The van der Waals surface area contributed by atoms with Gasteiger partial charge in [0.25, 0.3) is 0 Å². The number of pyridine rings is 1. The topological polar surface area (TPSA) is 109 Å². The Bertz CT molecular complexity index is 800. The average Bonchev–Trinajstić information content (AvgIpc) is 2.95. The van der Waals surface area contributed by atoms with Crippen LogP contribution in [0, 0.1) is 10.1 Å². The second-order valence-electron chi connectivity index (χ2n) is 6.78. The molecule has 1 N–H and O–H groups in total. The summed E-state index contributed by atoms with van der Waals surface area (Å²) in [6, 6.07) is 4.94. The van der Waals surface area contributed by atoms with Crippen molar-refractivity contribution in [3.05, 3.63) is 52.9 Å². The molecule has 2 heterocycles. The third-order valence-corrected chi connectivity index (χ3v) is 5.31. The number of hydrogen-bond donors (Lipinski definition) is 1. The van der Waals surface area contributed by atoms with Gasteiger partial charge in [-0.3, -0.25) is 14.8 Å². The van der Waals surface area contributed by atoms with E-state index in [0.717, 1.165) is 0 Å². The molecule has 0 amide bonds. The molecule has 0 saturated heterocycles. The summed E-state index contributed by atoms with van der Waals surface area (Å²) in [5.41, 5.74) is 1.29. The fraction of sp³-hybridized carbons (Fsp3) is 0.412. The molecule has 8 nitrogen and oxygen atoms in total. The van der Waals surface area contributed by atoms with Crippen molar-refractivity contribution in [2.24, 2.45) is 7.05 Å². The SMILES string of the molecule is C=CCC(N[S+]([O-])C(C)(C)C)c1cccc(-c2c([N+](=O)[O-])cnn2C)n1. The van der Waals surface area contributed by atoms with Crippen LogP contribution >= 0.6 is 0 Å². The summed E-state index contributed by atoms with van der Waals surface area (Å²) < 4.78 is 16.5. The zero-order valence-electron chi connectivity index (χ0n) is 15.3. The Morgan fingerprint density at radius 3 is 2.73 bits per heavy atom. The smallest absolute Gasteiger partial charge is 0.316 e. The van der Waals surface area contributed by atoms with Crippen molar-refractivity contribution in [1.82, 2.24) is 19.5 Å². The van der Waals surface area contributed by atoms with Crippen molar-refractivity contribution in [1.29, 1.82) is 0 Å². The largest absolute Gasteiger partial charge is 0.598 e. The van der Waals surface area contributed by atoms with Gasteiger partial charge in [-0.05, 0) is 39.3 Å². The quantitative estimate of drug-likeness (QED) is 0.344. The Hall–Kier alpha value is -2.23. The predicted octanol–water partition coefficient (Wildman–Crippen LogP) is 3.06. The molecule has 2 atom stereocenters. The molecule has 0 aliphatic rings. The van der Waals surface area contributed by atoms with Gasteiger partial charge in [0.05, 0.1) is 22.4 Å². The van der Waals surface area contributed by atoms with E-state index in [-0.39, 0.29) is 11.7 Å². The predicted molar refractivity (Wildman–Crippen MR) is 102 cm³/mol. The maximum absolute atomic E-state index is 12.5. The van der Waals surface area contributed by atoms with Crippen molar-refractivity contribution in [2.45, 2.75) is 38.0 Å². The number of nitrogens with zero attached hydrogens (tertiary/aromatic N) is 4. The summed E-state index contributed by atoms with van der Waals surface area (Å²) in [5.74, 6) is 0. The van der Waals surface area contributed by atoms with Gasteiger partial charge < -0.3 is 4.55 Å². The lowest BCUT2D eigenvalue weighted by Gasteiger charge is -2.27. The minimum absolute atomic E-state index is 0.108. The van der Waals surface area contributed by atoms with Crippen molar-refractivity contribution < 1.29 is 9.48 Å². The maximum atomic E-state index is 12.5. The zero-order valence-corrected chi connectivity index (χ0v) is 16.1. The zero-order chi connectivity index (χ0) is 19.5. The van der Waals surface area contributed by atoms with Crippen LogP contribution < -0.4 is 4.72 Å². The molecule has 0 aromatic carbocycles. The van der Waals surface area contributed by atoms with E-state index in [1.165, 1.54) is 10.9 Å². The molecule has 140 valence electrons. The number of hydrogen-bond acceptors (Lipinski definition) is 6. The minimum atomic E-state index is -1.29. The maximum Gasteiger partial charge on any atom is 0.316 e. The molecule has 2 aromatic heterocycles. The van der Waals surface area contributed by atoms with Gasteiger partial charge in [-0.1, -0.05) is 12.1 Å². The second-order valence-corrected chi connectivity index (χ2v) is 8.78. The van der Waals surface area contributed by atoms with E-state index >= 15 is 0 Å². The Balaban J connectivity index is 2.42. The van der Waals surface area contributed by atoms with Gasteiger partial charge in [0.1, 0.15) is 10.9 Å². The number of rotatable bonds is 7. The first-order valence-electron chi connectivity index (χ1n) is 8.07. The third kappa shape index (κ3) is 4.48. The van der Waals surface area contributed by atoms with E-state index in [9.17, 15) is 14.7 Å². The molecule has 0 aliphatic carbocycles. The highest BCUT2D eigenvalue weighted by atomic mass is 32.2. The van der Waals surface area contributed by atoms with Crippen LogP contribution in [0.1, 0.15) is 38.9 Å². The second kappa shape index (κ2) is 7.98. The van der Waals surface area contributed by atoms with Crippen LogP contribution in [-0.2, 0) is 18.4 Å². The molecule has 2 rings (SSSR count). The molecule has 9 heteroatoms. The van der Waals surface area contributed by atoms with Crippen LogP contribution in [0.15, 0.2) is 37.1 Å². The fourth-order valence-electron chi connectivity index (χ4n) is 2.34. The Morgan fingerprint density at radius 1 is 1.46 bits per heavy atom. The molecule has 2 aromatic rings.